The van der Waals surface area contributed by atoms with Crippen LogP contribution in [0.3, 0.4) is 0 Å². The molecule has 1 aromatic heterocycles. The second-order valence-electron chi connectivity index (χ2n) is 5.66. The Balaban J connectivity index is 1.88. The predicted octanol–water partition coefficient (Wildman–Crippen LogP) is 3.61. The third-order valence-corrected chi connectivity index (χ3v) is 3.53. The number of alkyl halides is 5. The van der Waals surface area contributed by atoms with Crippen LogP contribution in [-0.4, -0.2) is 43.9 Å². The molecule has 0 aliphatic carbocycles. The van der Waals surface area contributed by atoms with Gasteiger partial charge in [-0.05, 0) is 30.2 Å². The molecule has 1 amide bonds. The minimum absolute atomic E-state index is 0.120. The van der Waals surface area contributed by atoms with Crippen molar-refractivity contribution in [3.63, 3.8) is 0 Å². The molecule has 29 heavy (non-hydrogen) atoms. The lowest BCUT2D eigenvalue weighted by Gasteiger charge is -2.12. The van der Waals surface area contributed by atoms with Crippen molar-refractivity contribution < 1.29 is 41.0 Å². The molecular weight excluding hydrogens is 403 g/mol. The van der Waals surface area contributed by atoms with E-state index in [2.05, 4.69) is 19.8 Å². The number of nitrogens with one attached hydrogen (secondary N) is 1. The zero-order valence-electron chi connectivity index (χ0n) is 15.1. The van der Waals surface area contributed by atoms with Crippen molar-refractivity contribution in [2.24, 2.45) is 0 Å². The Morgan fingerprint density at radius 1 is 1.17 bits per heavy atom. The summed E-state index contributed by atoms with van der Waals surface area (Å²) in [5.41, 5.74) is 0.747. The molecule has 0 bridgehead atoms. The van der Waals surface area contributed by atoms with Gasteiger partial charge in [-0.1, -0.05) is 6.07 Å². The lowest BCUT2D eigenvalue weighted by molar-refractivity contribution is -0.154. The molecule has 158 valence electrons. The van der Waals surface area contributed by atoms with E-state index in [0.717, 1.165) is 12.3 Å². The van der Waals surface area contributed by atoms with Gasteiger partial charge in [0, 0.05) is 18.8 Å². The average molecular weight is 420 g/mol. The number of pyridine rings is 1. The van der Waals surface area contributed by atoms with Crippen LogP contribution in [-0.2, 0) is 6.42 Å². The second-order valence-corrected chi connectivity index (χ2v) is 5.66. The van der Waals surface area contributed by atoms with E-state index < -0.39 is 25.3 Å². The highest BCUT2D eigenvalue weighted by molar-refractivity contribution is 5.93. The van der Waals surface area contributed by atoms with Crippen LogP contribution in [0.2, 0.25) is 0 Å². The first-order chi connectivity index (χ1) is 13.7. The van der Waals surface area contributed by atoms with E-state index in [1.807, 2.05) is 0 Å². The van der Waals surface area contributed by atoms with Gasteiger partial charge in [0.1, 0.15) is 0 Å². The van der Waals surface area contributed by atoms with E-state index >= 15 is 0 Å². The fraction of sp³-hybridized carbons (Fsp3) is 0.333. The molecule has 11 heteroatoms. The summed E-state index contributed by atoms with van der Waals surface area (Å²) in [4.78, 5) is 15.7. The molecule has 0 saturated heterocycles. The van der Waals surface area contributed by atoms with Gasteiger partial charge in [-0.25, -0.2) is 4.98 Å². The number of carbonyl (C=O) groups is 1. The summed E-state index contributed by atoms with van der Waals surface area (Å²) in [6.45, 7) is -4.31. The van der Waals surface area contributed by atoms with Crippen molar-refractivity contribution in [1.82, 2.24) is 10.3 Å². The number of nitrogens with zero attached hydrogens (tertiary/aromatic N) is 1. The van der Waals surface area contributed by atoms with Crippen molar-refractivity contribution in [2.45, 2.75) is 19.2 Å². The Hall–Kier alpha value is -3.11. The summed E-state index contributed by atoms with van der Waals surface area (Å²) in [5, 5.41) is 2.59. The van der Waals surface area contributed by atoms with Crippen LogP contribution in [0.1, 0.15) is 15.9 Å². The van der Waals surface area contributed by atoms with E-state index in [1.54, 1.807) is 6.07 Å². The zero-order valence-corrected chi connectivity index (χ0v) is 15.1. The molecule has 1 N–H and O–H groups in total. The molecule has 1 heterocycles. The first-order valence-corrected chi connectivity index (χ1v) is 8.23. The van der Waals surface area contributed by atoms with Crippen molar-refractivity contribution in [2.75, 3.05) is 20.3 Å². The summed E-state index contributed by atoms with van der Waals surface area (Å²) in [5.74, 6) is -0.733. The smallest absolute Gasteiger partial charge is 0.422 e. The average Bonchev–Trinajstić information content (AvgIpc) is 2.66. The van der Waals surface area contributed by atoms with E-state index in [9.17, 15) is 26.7 Å². The van der Waals surface area contributed by atoms with Crippen molar-refractivity contribution >= 4 is 5.91 Å². The summed E-state index contributed by atoms with van der Waals surface area (Å²) < 4.78 is 74.9. The largest absolute Gasteiger partial charge is 0.493 e. The lowest BCUT2D eigenvalue weighted by atomic mass is 10.1. The van der Waals surface area contributed by atoms with Gasteiger partial charge in [-0.15, -0.1) is 0 Å². The predicted molar refractivity (Wildman–Crippen MR) is 91.5 cm³/mol. The summed E-state index contributed by atoms with van der Waals surface area (Å²) in [6, 6.07) is 6.91. The number of rotatable bonds is 9. The molecule has 0 atom stereocenters. The van der Waals surface area contributed by atoms with Crippen molar-refractivity contribution in [3.05, 3.63) is 47.7 Å². The minimum Gasteiger partial charge on any atom is -0.493 e. The number of amides is 1. The number of benzene rings is 1. The third kappa shape index (κ3) is 7.43. The first kappa shape index (κ1) is 22.2. The zero-order chi connectivity index (χ0) is 21.4. The Morgan fingerprint density at radius 3 is 2.52 bits per heavy atom. The third-order valence-electron chi connectivity index (χ3n) is 3.53. The lowest BCUT2D eigenvalue weighted by Crippen LogP contribution is -2.26. The SMILES string of the molecule is COc1ccc(CCNC(=O)c2ccc(OCC(F)(F)F)nc2)cc1OC(F)F. The van der Waals surface area contributed by atoms with E-state index in [1.165, 1.54) is 25.3 Å². The number of hydrogen-bond acceptors (Lipinski definition) is 5. The Kier molecular flexibility index (Phi) is 7.57. The van der Waals surface area contributed by atoms with E-state index in [4.69, 9.17) is 4.74 Å². The Bertz CT molecular complexity index is 813. The highest BCUT2D eigenvalue weighted by Gasteiger charge is 2.28. The van der Waals surface area contributed by atoms with Gasteiger partial charge >= 0.3 is 12.8 Å². The van der Waals surface area contributed by atoms with Gasteiger partial charge in [-0.3, -0.25) is 4.79 Å². The highest BCUT2D eigenvalue weighted by Crippen LogP contribution is 2.29. The molecule has 0 spiro atoms. The molecule has 0 radical (unpaired) electrons. The molecule has 0 saturated carbocycles. The molecule has 0 unspecified atom stereocenters. The molecular formula is C18H17F5N2O4. The maximum Gasteiger partial charge on any atom is 0.422 e. The highest BCUT2D eigenvalue weighted by atomic mass is 19.4. The van der Waals surface area contributed by atoms with Crippen LogP contribution in [0.5, 0.6) is 17.4 Å². The molecule has 0 fully saturated rings. The van der Waals surface area contributed by atoms with Crippen LogP contribution in [0, 0.1) is 0 Å². The molecule has 6 nitrogen and oxygen atoms in total. The van der Waals surface area contributed by atoms with Gasteiger partial charge in [0.05, 0.1) is 12.7 Å². The monoisotopic (exact) mass is 420 g/mol. The number of carbonyl (C=O) groups excluding carboxylic acids is 1. The van der Waals surface area contributed by atoms with Crippen LogP contribution in [0.25, 0.3) is 0 Å². The Morgan fingerprint density at radius 2 is 1.93 bits per heavy atom. The van der Waals surface area contributed by atoms with Gasteiger partial charge in [0.2, 0.25) is 5.88 Å². The topological polar surface area (TPSA) is 69.7 Å². The quantitative estimate of drug-likeness (QED) is 0.628. The molecule has 0 aliphatic rings. The summed E-state index contributed by atoms with van der Waals surface area (Å²) >= 11 is 0. The van der Waals surface area contributed by atoms with Crippen LogP contribution >= 0.6 is 0 Å². The van der Waals surface area contributed by atoms with Gasteiger partial charge in [-0.2, -0.15) is 22.0 Å². The molecule has 2 aromatic rings. The summed E-state index contributed by atoms with van der Waals surface area (Å²) in [7, 11) is 1.32. The van der Waals surface area contributed by atoms with Crippen molar-refractivity contribution in [3.8, 4) is 17.4 Å². The summed E-state index contributed by atoms with van der Waals surface area (Å²) in [6.07, 6.45) is -3.09. The number of ether oxygens (including phenoxy) is 3. The number of aromatic nitrogens is 1. The van der Waals surface area contributed by atoms with E-state index in [-0.39, 0.29) is 29.5 Å². The number of halogens is 5. The fourth-order valence-electron chi connectivity index (χ4n) is 2.24. The van der Waals surface area contributed by atoms with Gasteiger partial charge < -0.3 is 19.5 Å². The minimum atomic E-state index is -4.49. The van der Waals surface area contributed by atoms with Gasteiger partial charge in [0.25, 0.3) is 5.91 Å². The van der Waals surface area contributed by atoms with Gasteiger partial charge in [0.15, 0.2) is 18.1 Å². The molecule has 0 aliphatic heterocycles. The molecule has 1 aromatic carbocycles. The second kappa shape index (κ2) is 9.89. The Labute approximate surface area is 162 Å². The maximum atomic E-state index is 12.4. The fourth-order valence-corrected chi connectivity index (χ4v) is 2.24. The van der Waals surface area contributed by atoms with Crippen LogP contribution < -0.4 is 19.5 Å². The first-order valence-electron chi connectivity index (χ1n) is 8.23. The van der Waals surface area contributed by atoms with E-state index in [0.29, 0.717) is 12.0 Å². The number of hydrogen-bond donors (Lipinski definition) is 1. The number of methoxy groups -OCH3 is 1. The normalized spacial score (nSPS) is 11.3. The van der Waals surface area contributed by atoms with Crippen molar-refractivity contribution in [1.29, 1.82) is 0 Å². The maximum absolute atomic E-state index is 12.4. The molecule has 2 rings (SSSR count). The van der Waals surface area contributed by atoms with Crippen LogP contribution in [0.15, 0.2) is 36.5 Å². The van der Waals surface area contributed by atoms with Crippen LogP contribution in [0.4, 0.5) is 22.0 Å². The standard InChI is InChI=1S/C18H17F5N2O4/c1-27-13-4-2-11(8-14(13)29-17(19)20)6-7-24-16(26)12-3-5-15(25-9-12)28-10-18(21,22)23/h2-5,8-9,17H,6-7,10H2,1H3,(H,24,26).